The van der Waals surface area contributed by atoms with Crippen molar-refractivity contribution >= 4 is 39.9 Å². The highest BCUT2D eigenvalue weighted by atomic mass is 35.9. The van der Waals surface area contributed by atoms with Crippen LogP contribution in [0.15, 0.2) is 64.8 Å². The Balaban J connectivity index is 1.46. The summed E-state index contributed by atoms with van der Waals surface area (Å²) in [7, 11) is 0. The van der Waals surface area contributed by atoms with E-state index in [1.54, 1.807) is 0 Å². The summed E-state index contributed by atoms with van der Waals surface area (Å²) >= 11 is 10.6. The Morgan fingerprint density at radius 3 is 1.73 bits per heavy atom. The fraction of sp³-hybridized carbons (Fsp3) is 0.455. The van der Waals surface area contributed by atoms with Crippen molar-refractivity contribution in [1.29, 1.82) is 0 Å². The van der Waals surface area contributed by atoms with Gasteiger partial charge in [0.25, 0.3) is 0 Å². The molecule has 164 valence electrons. The SMILES string of the molecule is O=P(Cl)(Cl)OCCCCCCCCCCOc1ccc(N=Nc2ccccc2)cc1. The maximum Gasteiger partial charge on any atom is 0.380 e. The molecule has 2 rings (SSSR count). The second-order valence-corrected chi connectivity index (χ2v) is 11.2. The van der Waals surface area contributed by atoms with Crippen molar-refractivity contribution in [1.82, 2.24) is 0 Å². The van der Waals surface area contributed by atoms with Gasteiger partial charge in [-0.1, -0.05) is 56.7 Å². The number of nitrogens with zero attached hydrogens (tertiary/aromatic N) is 2. The van der Waals surface area contributed by atoms with E-state index in [4.69, 9.17) is 31.7 Å². The van der Waals surface area contributed by atoms with Crippen LogP contribution >= 0.6 is 28.6 Å². The molecule has 5 nitrogen and oxygen atoms in total. The van der Waals surface area contributed by atoms with Gasteiger partial charge in [-0.25, -0.2) is 0 Å². The van der Waals surface area contributed by atoms with Gasteiger partial charge in [0.05, 0.1) is 24.6 Å². The van der Waals surface area contributed by atoms with Crippen LogP contribution < -0.4 is 4.74 Å². The summed E-state index contributed by atoms with van der Waals surface area (Å²) in [5, 5.41) is 8.43. The molecule has 0 N–H and O–H groups in total. The summed E-state index contributed by atoms with van der Waals surface area (Å²) in [5.74, 6) is 0.856. The zero-order valence-electron chi connectivity index (χ0n) is 17.1. The lowest BCUT2D eigenvalue weighted by Gasteiger charge is -2.06. The molecule has 0 amide bonds. The molecule has 0 aliphatic heterocycles. The fourth-order valence-corrected chi connectivity index (χ4v) is 3.60. The van der Waals surface area contributed by atoms with Crippen LogP contribution in [0.1, 0.15) is 51.4 Å². The van der Waals surface area contributed by atoms with E-state index >= 15 is 0 Å². The molecule has 0 fully saturated rings. The molecule has 0 unspecified atom stereocenters. The molecule has 0 bridgehead atoms. The molecular formula is C22H29Cl2N2O3P. The second-order valence-electron chi connectivity index (χ2n) is 6.95. The number of ether oxygens (including phenoxy) is 1. The van der Waals surface area contributed by atoms with Gasteiger partial charge in [-0.3, -0.25) is 4.57 Å². The number of rotatable bonds is 15. The quantitative estimate of drug-likeness (QED) is 0.148. The van der Waals surface area contributed by atoms with E-state index < -0.39 is 6.07 Å². The van der Waals surface area contributed by atoms with Crippen LogP contribution in [0.25, 0.3) is 0 Å². The second kappa shape index (κ2) is 14.6. The third-order valence-electron chi connectivity index (χ3n) is 4.42. The number of hydrogen-bond donors (Lipinski definition) is 0. The predicted octanol–water partition coefficient (Wildman–Crippen LogP) is 9.20. The van der Waals surface area contributed by atoms with Crippen molar-refractivity contribution < 1.29 is 13.8 Å². The van der Waals surface area contributed by atoms with E-state index in [1.165, 1.54) is 19.3 Å². The van der Waals surface area contributed by atoms with E-state index in [2.05, 4.69) is 10.2 Å². The molecule has 0 radical (unpaired) electrons. The smallest absolute Gasteiger partial charge is 0.380 e. The third kappa shape index (κ3) is 12.3. The van der Waals surface area contributed by atoms with Gasteiger partial charge in [-0.05, 0) is 71.7 Å². The number of hydrogen-bond acceptors (Lipinski definition) is 5. The summed E-state index contributed by atoms with van der Waals surface area (Å²) in [5.41, 5.74) is 1.64. The van der Waals surface area contributed by atoms with Crippen LogP contribution in [-0.2, 0) is 9.09 Å². The zero-order valence-corrected chi connectivity index (χ0v) is 19.5. The topological polar surface area (TPSA) is 60.2 Å². The highest BCUT2D eigenvalue weighted by Crippen LogP contribution is 2.57. The van der Waals surface area contributed by atoms with Crippen molar-refractivity contribution in [2.24, 2.45) is 10.2 Å². The molecular weight excluding hydrogens is 442 g/mol. The minimum absolute atomic E-state index is 0.360. The monoisotopic (exact) mass is 470 g/mol. The average molecular weight is 471 g/mol. The van der Waals surface area contributed by atoms with Gasteiger partial charge in [0.2, 0.25) is 0 Å². The molecule has 2 aromatic carbocycles. The molecule has 0 saturated heterocycles. The molecule has 0 saturated carbocycles. The lowest BCUT2D eigenvalue weighted by Crippen LogP contribution is -1.97. The Bertz CT molecular complexity index is 783. The van der Waals surface area contributed by atoms with E-state index in [-0.39, 0.29) is 0 Å². The van der Waals surface area contributed by atoms with Crippen molar-refractivity contribution in [3.8, 4) is 5.75 Å². The van der Waals surface area contributed by atoms with Gasteiger partial charge in [0.15, 0.2) is 0 Å². The van der Waals surface area contributed by atoms with Gasteiger partial charge in [-0.15, -0.1) is 0 Å². The highest BCUT2D eigenvalue weighted by molar-refractivity contribution is 8.05. The minimum atomic E-state index is -3.36. The summed E-state index contributed by atoms with van der Waals surface area (Å²) < 4.78 is 21.6. The van der Waals surface area contributed by atoms with Crippen molar-refractivity contribution in [2.75, 3.05) is 13.2 Å². The molecule has 0 heterocycles. The van der Waals surface area contributed by atoms with Gasteiger partial charge < -0.3 is 9.26 Å². The fourth-order valence-electron chi connectivity index (χ4n) is 2.84. The molecule has 0 atom stereocenters. The van der Waals surface area contributed by atoms with Gasteiger partial charge >= 0.3 is 6.07 Å². The molecule has 0 aliphatic rings. The summed E-state index contributed by atoms with van der Waals surface area (Å²) in [6.45, 7) is 1.08. The first-order chi connectivity index (χ1) is 14.5. The summed E-state index contributed by atoms with van der Waals surface area (Å²) in [6, 6.07) is 17.3. The first kappa shape index (κ1) is 24.9. The van der Waals surface area contributed by atoms with E-state index in [1.807, 2.05) is 54.6 Å². The number of benzene rings is 2. The van der Waals surface area contributed by atoms with E-state index in [0.717, 1.165) is 55.8 Å². The van der Waals surface area contributed by atoms with Gasteiger partial charge in [0.1, 0.15) is 5.75 Å². The first-order valence-corrected chi connectivity index (χ1v) is 13.8. The van der Waals surface area contributed by atoms with Crippen molar-refractivity contribution in [2.45, 2.75) is 51.4 Å². The normalized spacial score (nSPS) is 11.8. The first-order valence-electron chi connectivity index (χ1n) is 10.4. The van der Waals surface area contributed by atoms with Crippen LogP contribution in [0.4, 0.5) is 11.4 Å². The van der Waals surface area contributed by atoms with Crippen LogP contribution in [-0.4, -0.2) is 13.2 Å². The molecule has 30 heavy (non-hydrogen) atoms. The van der Waals surface area contributed by atoms with Crippen molar-refractivity contribution in [3.05, 3.63) is 54.6 Å². The maximum absolute atomic E-state index is 10.9. The number of unbranched alkanes of at least 4 members (excludes halogenated alkanes) is 7. The van der Waals surface area contributed by atoms with Crippen LogP contribution in [0.5, 0.6) is 5.75 Å². The maximum atomic E-state index is 10.9. The summed E-state index contributed by atoms with van der Waals surface area (Å²) in [6.07, 6.45) is 5.48. The third-order valence-corrected chi connectivity index (χ3v) is 5.49. The Morgan fingerprint density at radius 2 is 1.17 bits per heavy atom. The Morgan fingerprint density at radius 1 is 0.667 bits per heavy atom. The highest BCUT2D eigenvalue weighted by Gasteiger charge is 2.12. The Labute approximate surface area is 188 Å². The van der Waals surface area contributed by atoms with Gasteiger partial charge in [-0.2, -0.15) is 10.2 Å². The lowest BCUT2D eigenvalue weighted by atomic mass is 10.1. The van der Waals surface area contributed by atoms with Crippen LogP contribution in [0, 0.1) is 0 Å². The summed E-state index contributed by atoms with van der Waals surface area (Å²) in [4.78, 5) is 0. The number of halogens is 2. The minimum Gasteiger partial charge on any atom is -0.494 e. The molecule has 0 aromatic heterocycles. The standard InChI is InChI=1S/C22H29Cl2N2O3P/c23-30(24,27)29-19-11-6-4-2-1-3-5-10-18-28-22-16-14-21(15-17-22)26-25-20-12-8-7-9-13-20/h7-9,12-17H,1-6,10-11,18-19H2. The molecule has 0 spiro atoms. The van der Waals surface area contributed by atoms with Gasteiger partial charge in [0, 0.05) is 0 Å². The van der Waals surface area contributed by atoms with Crippen LogP contribution in [0.2, 0.25) is 0 Å². The number of azo groups is 1. The largest absolute Gasteiger partial charge is 0.494 e. The van der Waals surface area contributed by atoms with Crippen molar-refractivity contribution in [3.63, 3.8) is 0 Å². The average Bonchev–Trinajstić information content (AvgIpc) is 2.74. The molecule has 8 heteroatoms. The van der Waals surface area contributed by atoms with E-state index in [9.17, 15) is 4.57 Å². The molecule has 0 aliphatic carbocycles. The Kier molecular flexibility index (Phi) is 12.1. The lowest BCUT2D eigenvalue weighted by molar-refractivity contribution is 0.303. The van der Waals surface area contributed by atoms with Crippen LogP contribution in [0.3, 0.4) is 0 Å². The van der Waals surface area contributed by atoms with E-state index in [0.29, 0.717) is 6.61 Å². The Hall–Kier alpha value is -1.39. The zero-order chi connectivity index (χ0) is 21.5. The molecule has 2 aromatic rings. The predicted molar refractivity (Wildman–Crippen MR) is 125 cm³/mol.